The number of hydrogen-bond donors (Lipinski definition) is 0. The minimum Gasteiger partial charge on any atom is -0.243 e. The summed E-state index contributed by atoms with van der Waals surface area (Å²) >= 11 is 1.65. The minimum atomic E-state index is 0.700. The monoisotopic (exact) mass is 278 g/mol. The van der Waals surface area contributed by atoms with E-state index < -0.39 is 0 Å². The molecule has 0 bridgehead atoms. The van der Waals surface area contributed by atoms with Crippen LogP contribution in [-0.4, -0.2) is 20.3 Å². The van der Waals surface area contributed by atoms with E-state index in [4.69, 9.17) is 14.6 Å². The van der Waals surface area contributed by atoms with E-state index in [2.05, 4.69) is 22.4 Å². The first-order chi connectivity index (χ1) is 9.88. The van der Waals surface area contributed by atoms with Gasteiger partial charge in [0.25, 0.3) is 0 Å². The number of rotatable bonds is 0. The van der Waals surface area contributed by atoms with Crippen LogP contribution in [-0.2, 0) is 0 Å². The molecule has 0 atom stereocenters. The van der Waals surface area contributed by atoms with Gasteiger partial charge >= 0.3 is 0 Å². The summed E-state index contributed by atoms with van der Waals surface area (Å²) in [4.78, 5) is 10.4. The van der Waals surface area contributed by atoms with E-state index in [0.717, 1.165) is 26.8 Å². The number of benzene rings is 2. The van der Waals surface area contributed by atoms with Gasteiger partial charge in [0.2, 0.25) is 0 Å². The smallest absolute Gasteiger partial charge is 0.143 e. The van der Waals surface area contributed by atoms with E-state index >= 15 is 0 Å². The Labute approximate surface area is 115 Å². The highest BCUT2D eigenvalue weighted by Gasteiger charge is 2.11. The Kier molecular flexibility index (Phi) is 1.78. The summed E-state index contributed by atoms with van der Waals surface area (Å²) < 4.78 is 5.93. The maximum Gasteiger partial charge on any atom is 0.143 e. The van der Waals surface area contributed by atoms with Gasteiger partial charge in [0.1, 0.15) is 21.4 Å². The molecule has 0 fully saturated rings. The SMILES string of the molecule is c1ccc2c(c1)sc1nc3cc4nonc4cc3nc12. The Morgan fingerprint density at radius 3 is 2.45 bits per heavy atom. The van der Waals surface area contributed by atoms with E-state index in [1.165, 1.54) is 4.70 Å². The zero-order chi connectivity index (χ0) is 13.1. The van der Waals surface area contributed by atoms with Gasteiger partial charge in [-0.15, -0.1) is 11.3 Å². The maximum absolute atomic E-state index is 4.73. The predicted octanol–water partition coefficient (Wildman–Crippen LogP) is 3.53. The molecule has 3 aromatic heterocycles. The van der Waals surface area contributed by atoms with Crippen LogP contribution in [0.4, 0.5) is 0 Å². The van der Waals surface area contributed by atoms with E-state index in [0.29, 0.717) is 11.0 Å². The predicted molar refractivity (Wildman–Crippen MR) is 77.8 cm³/mol. The molecule has 0 saturated heterocycles. The van der Waals surface area contributed by atoms with Gasteiger partial charge in [0.15, 0.2) is 0 Å². The van der Waals surface area contributed by atoms with Crippen LogP contribution in [0.5, 0.6) is 0 Å². The first-order valence-corrected chi connectivity index (χ1v) is 6.91. The molecule has 0 aliphatic rings. The highest BCUT2D eigenvalue weighted by molar-refractivity contribution is 7.25. The molecule has 0 aliphatic heterocycles. The van der Waals surface area contributed by atoms with Gasteiger partial charge < -0.3 is 0 Å². The fourth-order valence-corrected chi connectivity index (χ4v) is 3.45. The van der Waals surface area contributed by atoms with Crippen molar-refractivity contribution in [1.29, 1.82) is 0 Å². The van der Waals surface area contributed by atoms with Crippen molar-refractivity contribution in [2.45, 2.75) is 0 Å². The molecule has 94 valence electrons. The summed E-state index contributed by atoms with van der Waals surface area (Å²) in [6.45, 7) is 0. The summed E-state index contributed by atoms with van der Waals surface area (Å²) in [7, 11) is 0. The first kappa shape index (κ1) is 10.2. The number of fused-ring (bicyclic) bond motifs is 5. The lowest BCUT2D eigenvalue weighted by molar-refractivity contribution is 0.315. The molecule has 0 amide bonds. The van der Waals surface area contributed by atoms with Gasteiger partial charge in [0.05, 0.1) is 11.0 Å². The Hall–Kier alpha value is -2.60. The molecule has 5 nitrogen and oxygen atoms in total. The van der Waals surface area contributed by atoms with Crippen molar-refractivity contribution in [2.75, 3.05) is 0 Å². The van der Waals surface area contributed by atoms with Crippen LogP contribution in [0.2, 0.25) is 0 Å². The van der Waals surface area contributed by atoms with Gasteiger partial charge in [-0.1, -0.05) is 18.2 Å². The first-order valence-electron chi connectivity index (χ1n) is 6.10. The van der Waals surface area contributed by atoms with Crippen LogP contribution in [0, 0.1) is 0 Å². The Bertz CT molecular complexity index is 1110. The normalized spacial score (nSPS) is 12.0. The molecule has 20 heavy (non-hydrogen) atoms. The second-order valence-corrected chi connectivity index (χ2v) is 5.60. The van der Waals surface area contributed by atoms with Crippen LogP contribution in [0.25, 0.3) is 42.5 Å². The quantitative estimate of drug-likeness (QED) is 0.433. The average Bonchev–Trinajstić information content (AvgIpc) is 3.05. The van der Waals surface area contributed by atoms with Crippen molar-refractivity contribution >= 4 is 53.8 Å². The van der Waals surface area contributed by atoms with Crippen molar-refractivity contribution in [2.24, 2.45) is 0 Å². The molecule has 5 rings (SSSR count). The molecule has 0 unspecified atom stereocenters. The van der Waals surface area contributed by atoms with Gasteiger partial charge in [-0.05, 0) is 28.5 Å². The van der Waals surface area contributed by atoms with Crippen LogP contribution in [0.15, 0.2) is 41.0 Å². The minimum absolute atomic E-state index is 0.700. The highest BCUT2D eigenvalue weighted by Crippen LogP contribution is 2.32. The molecule has 0 spiro atoms. The van der Waals surface area contributed by atoms with Crippen molar-refractivity contribution in [1.82, 2.24) is 20.3 Å². The van der Waals surface area contributed by atoms with Crippen LogP contribution in [0.3, 0.4) is 0 Å². The molecule has 0 aliphatic carbocycles. The van der Waals surface area contributed by atoms with Crippen molar-refractivity contribution in [3.63, 3.8) is 0 Å². The topological polar surface area (TPSA) is 64.7 Å². The number of nitrogens with zero attached hydrogens (tertiary/aromatic N) is 4. The van der Waals surface area contributed by atoms with E-state index in [1.807, 2.05) is 24.3 Å². The fraction of sp³-hybridized carbons (Fsp3) is 0. The van der Waals surface area contributed by atoms with Crippen LogP contribution < -0.4 is 0 Å². The Balaban J connectivity index is 2.02. The summed E-state index contributed by atoms with van der Waals surface area (Å²) in [6.07, 6.45) is 0. The van der Waals surface area contributed by atoms with Gasteiger partial charge in [0, 0.05) is 10.1 Å². The number of hydrogen-bond acceptors (Lipinski definition) is 6. The third-order valence-corrected chi connectivity index (χ3v) is 4.41. The highest BCUT2D eigenvalue weighted by atomic mass is 32.1. The van der Waals surface area contributed by atoms with E-state index in [9.17, 15) is 0 Å². The number of aromatic nitrogens is 4. The molecule has 0 N–H and O–H groups in total. The van der Waals surface area contributed by atoms with Gasteiger partial charge in [-0.25, -0.2) is 14.6 Å². The largest absolute Gasteiger partial charge is 0.243 e. The molecule has 5 aromatic rings. The Morgan fingerprint density at radius 1 is 0.850 bits per heavy atom. The molecular formula is C14H6N4OS. The van der Waals surface area contributed by atoms with Gasteiger partial charge in [-0.2, -0.15) is 0 Å². The lowest BCUT2D eigenvalue weighted by Gasteiger charge is -1.96. The molecule has 2 aromatic carbocycles. The third kappa shape index (κ3) is 1.26. The zero-order valence-corrected chi connectivity index (χ0v) is 10.9. The fourth-order valence-electron chi connectivity index (χ4n) is 2.42. The maximum atomic E-state index is 4.73. The number of thiophene rings is 1. The summed E-state index contributed by atoms with van der Waals surface area (Å²) in [5.74, 6) is 0. The third-order valence-electron chi connectivity index (χ3n) is 3.36. The second-order valence-electron chi connectivity index (χ2n) is 4.57. The summed E-state index contributed by atoms with van der Waals surface area (Å²) in [5, 5.41) is 8.83. The standard InChI is InChI=1S/C14H6N4OS/c1-2-4-12-7(3-1)13-14(20-12)16-9-6-11-10(17-19-18-11)5-8(9)15-13/h1-6H. The van der Waals surface area contributed by atoms with Crippen molar-refractivity contribution in [3.05, 3.63) is 36.4 Å². The molecule has 0 radical (unpaired) electrons. The van der Waals surface area contributed by atoms with Gasteiger partial charge in [-0.3, -0.25) is 0 Å². The van der Waals surface area contributed by atoms with E-state index in [-0.39, 0.29) is 0 Å². The second kappa shape index (κ2) is 3.49. The summed E-state index contributed by atoms with van der Waals surface area (Å²) in [5.41, 5.74) is 3.96. The zero-order valence-electron chi connectivity index (χ0n) is 10.1. The molecule has 0 saturated carbocycles. The molecular weight excluding hydrogens is 272 g/mol. The Morgan fingerprint density at radius 2 is 1.60 bits per heavy atom. The average molecular weight is 278 g/mol. The van der Waals surface area contributed by atoms with Crippen LogP contribution in [0.1, 0.15) is 0 Å². The lowest BCUT2D eigenvalue weighted by atomic mass is 10.2. The van der Waals surface area contributed by atoms with E-state index in [1.54, 1.807) is 11.3 Å². The van der Waals surface area contributed by atoms with Crippen molar-refractivity contribution in [3.8, 4) is 0 Å². The lowest BCUT2D eigenvalue weighted by Crippen LogP contribution is -1.84. The summed E-state index contributed by atoms with van der Waals surface area (Å²) in [6, 6.07) is 11.9. The van der Waals surface area contributed by atoms with Crippen LogP contribution >= 0.6 is 11.3 Å². The van der Waals surface area contributed by atoms with Crippen molar-refractivity contribution < 1.29 is 4.63 Å². The molecule has 3 heterocycles. The molecule has 6 heteroatoms.